The lowest BCUT2D eigenvalue weighted by molar-refractivity contribution is 0.0932. The maximum atomic E-state index is 13.0. The second-order valence-electron chi connectivity index (χ2n) is 6.24. The first-order valence-corrected chi connectivity index (χ1v) is 8.95. The zero-order chi connectivity index (χ0) is 19.0. The molecule has 0 aromatic carbocycles. The van der Waals surface area contributed by atoms with Gasteiger partial charge in [-0.3, -0.25) is 9.59 Å². The van der Waals surface area contributed by atoms with Crippen LogP contribution in [-0.2, 0) is 6.54 Å². The summed E-state index contributed by atoms with van der Waals surface area (Å²) in [4.78, 5) is 29.3. The van der Waals surface area contributed by atoms with Crippen molar-refractivity contribution in [1.29, 1.82) is 0 Å². The lowest BCUT2D eigenvalue weighted by atomic mass is 10.1. The first-order valence-electron chi connectivity index (χ1n) is 8.15. The second kappa shape index (κ2) is 7.03. The molecule has 0 saturated heterocycles. The summed E-state index contributed by atoms with van der Waals surface area (Å²) < 4.78 is 9.31. The number of hydrogen-bond acceptors (Lipinski definition) is 5. The van der Waals surface area contributed by atoms with E-state index in [1.165, 1.54) is 10.6 Å². The molecule has 0 radical (unpaired) electrons. The van der Waals surface area contributed by atoms with Crippen molar-refractivity contribution in [2.24, 2.45) is 0 Å². The van der Waals surface area contributed by atoms with E-state index in [-0.39, 0.29) is 11.3 Å². The first-order chi connectivity index (χ1) is 12.3. The van der Waals surface area contributed by atoms with E-state index in [1.54, 1.807) is 26.1 Å². The largest absolute Gasteiger partial charge is 0.339 e. The van der Waals surface area contributed by atoms with Crippen LogP contribution in [0.3, 0.4) is 0 Å². The van der Waals surface area contributed by atoms with Gasteiger partial charge in [-0.15, -0.1) is 0 Å². The monoisotopic (exact) mass is 418 g/mol. The first kappa shape index (κ1) is 18.3. The third-order valence-electron chi connectivity index (χ3n) is 4.40. The van der Waals surface area contributed by atoms with Gasteiger partial charge in [-0.05, 0) is 55.8 Å². The van der Waals surface area contributed by atoms with Gasteiger partial charge >= 0.3 is 0 Å². The molecule has 8 heteroatoms. The molecule has 3 heterocycles. The van der Waals surface area contributed by atoms with Gasteiger partial charge in [0.05, 0.1) is 6.04 Å². The number of carbonyl (C=O) groups excluding carboxylic acids is 1. The minimum absolute atomic E-state index is 0.119. The summed E-state index contributed by atoms with van der Waals surface area (Å²) in [5, 5.41) is 3.79. The fourth-order valence-corrected chi connectivity index (χ4v) is 3.32. The third-order valence-corrected chi connectivity index (χ3v) is 4.87. The molecule has 1 unspecified atom stereocenters. The summed E-state index contributed by atoms with van der Waals surface area (Å²) in [6.45, 7) is 7.68. The van der Waals surface area contributed by atoms with Crippen LogP contribution in [0.1, 0.15) is 46.4 Å². The maximum absolute atomic E-state index is 13.0. The van der Waals surface area contributed by atoms with Crippen LogP contribution in [-0.4, -0.2) is 25.1 Å². The van der Waals surface area contributed by atoms with Crippen molar-refractivity contribution < 1.29 is 9.32 Å². The predicted molar refractivity (Wildman–Crippen MR) is 99.5 cm³/mol. The number of Topliss-reactive ketones (excluding diaryl/α,β-unsaturated/α-hetero) is 1. The zero-order valence-corrected chi connectivity index (χ0v) is 16.6. The number of ketones is 1. The lowest BCUT2D eigenvalue weighted by Crippen LogP contribution is -2.27. The molecule has 3 aromatic rings. The second-order valence-corrected chi connectivity index (χ2v) is 7.16. The Morgan fingerprint density at radius 1 is 1.31 bits per heavy atom. The molecule has 3 rings (SSSR count). The fourth-order valence-electron chi connectivity index (χ4n) is 2.96. The quantitative estimate of drug-likeness (QED) is 0.593. The summed E-state index contributed by atoms with van der Waals surface area (Å²) >= 11 is 3.34. The number of halogens is 1. The highest BCUT2D eigenvalue weighted by Crippen LogP contribution is 2.22. The maximum Gasteiger partial charge on any atom is 0.251 e. The summed E-state index contributed by atoms with van der Waals surface area (Å²) in [5.74, 6) is 0.937. The Bertz CT molecular complexity index is 1030. The van der Waals surface area contributed by atoms with E-state index in [0.717, 1.165) is 15.9 Å². The Morgan fingerprint density at radius 2 is 2.04 bits per heavy atom. The van der Waals surface area contributed by atoms with Crippen LogP contribution >= 0.6 is 15.9 Å². The number of carbonyl (C=O) groups is 1. The number of pyridine rings is 1. The molecule has 0 spiro atoms. The van der Waals surface area contributed by atoms with Crippen LogP contribution in [0.25, 0.3) is 0 Å². The van der Waals surface area contributed by atoms with Crippen LogP contribution in [0, 0.1) is 20.8 Å². The Hall–Kier alpha value is -2.48. The lowest BCUT2D eigenvalue weighted by Gasteiger charge is -2.14. The van der Waals surface area contributed by atoms with E-state index in [0.29, 0.717) is 23.8 Å². The van der Waals surface area contributed by atoms with Gasteiger partial charge in [0.2, 0.25) is 5.89 Å². The van der Waals surface area contributed by atoms with Crippen molar-refractivity contribution >= 4 is 21.7 Å². The van der Waals surface area contributed by atoms with Crippen molar-refractivity contribution in [2.75, 3.05) is 0 Å². The molecule has 0 amide bonds. The number of nitrogens with zero attached hydrogens (tertiary/aromatic N) is 4. The molecular formula is C18H19BrN4O3. The number of aryl methyl sites for hydroxylation is 2. The summed E-state index contributed by atoms with van der Waals surface area (Å²) in [5.41, 5.74) is 2.08. The van der Waals surface area contributed by atoms with Crippen LogP contribution in [0.2, 0.25) is 0 Å². The van der Waals surface area contributed by atoms with Gasteiger partial charge in [0.15, 0.2) is 11.6 Å². The fraction of sp³-hybridized carbons (Fsp3) is 0.333. The molecule has 0 bridgehead atoms. The SMILES string of the molecule is Cc1noc(Cn2c(C)cc(C(=O)C(C)n3cc(Br)ccc3=O)c2C)n1. The molecule has 0 aliphatic rings. The van der Waals surface area contributed by atoms with E-state index in [4.69, 9.17) is 4.52 Å². The predicted octanol–water partition coefficient (Wildman–Crippen LogP) is 3.21. The van der Waals surface area contributed by atoms with Crippen molar-refractivity contribution in [2.45, 2.75) is 40.3 Å². The highest BCUT2D eigenvalue weighted by atomic mass is 79.9. The Morgan fingerprint density at radius 3 is 2.69 bits per heavy atom. The topological polar surface area (TPSA) is 82.9 Å². The van der Waals surface area contributed by atoms with Crippen molar-refractivity contribution in [1.82, 2.24) is 19.3 Å². The van der Waals surface area contributed by atoms with Gasteiger partial charge in [0.1, 0.15) is 6.54 Å². The van der Waals surface area contributed by atoms with E-state index < -0.39 is 6.04 Å². The summed E-state index contributed by atoms with van der Waals surface area (Å²) in [6.07, 6.45) is 1.63. The van der Waals surface area contributed by atoms with Gasteiger partial charge in [0, 0.05) is 33.7 Å². The summed E-state index contributed by atoms with van der Waals surface area (Å²) in [6, 6.07) is 4.32. The molecule has 0 aliphatic heterocycles. The van der Waals surface area contributed by atoms with Crippen LogP contribution < -0.4 is 5.56 Å². The highest BCUT2D eigenvalue weighted by molar-refractivity contribution is 9.10. The summed E-state index contributed by atoms with van der Waals surface area (Å²) in [7, 11) is 0. The van der Waals surface area contributed by atoms with Gasteiger partial charge < -0.3 is 13.7 Å². The molecule has 1 atom stereocenters. The minimum atomic E-state index is -0.611. The van der Waals surface area contributed by atoms with Crippen LogP contribution in [0.15, 0.2) is 38.2 Å². The number of aromatic nitrogens is 4. The minimum Gasteiger partial charge on any atom is -0.339 e. The van der Waals surface area contributed by atoms with E-state index in [2.05, 4.69) is 26.1 Å². The smallest absolute Gasteiger partial charge is 0.251 e. The van der Waals surface area contributed by atoms with Crippen molar-refractivity contribution in [3.8, 4) is 0 Å². The normalized spacial score (nSPS) is 12.3. The highest BCUT2D eigenvalue weighted by Gasteiger charge is 2.23. The number of hydrogen-bond donors (Lipinski definition) is 0. The van der Waals surface area contributed by atoms with E-state index in [9.17, 15) is 9.59 Å². The zero-order valence-electron chi connectivity index (χ0n) is 15.0. The van der Waals surface area contributed by atoms with Crippen LogP contribution in [0.5, 0.6) is 0 Å². The van der Waals surface area contributed by atoms with Gasteiger partial charge in [-0.2, -0.15) is 4.98 Å². The average Bonchev–Trinajstić information content (AvgIpc) is 3.13. The molecule has 0 saturated carbocycles. The molecule has 26 heavy (non-hydrogen) atoms. The van der Waals surface area contributed by atoms with Gasteiger partial charge in [-0.1, -0.05) is 5.16 Å². The molecule has 7 nitrogen and oxygen atoms in total. The third kappa shape index (κ3) is 3.41. The standard InChI is InChI=1S/C18H19BrN4O3/c1-10-7-15(11(2)22(10)9-16-20-13(4)21-26-16)18(25)12(3)23-8-14(19)5-6-17(23)24/h5-8,12H,9H2,1-4H3. The Balaban J connectivity index is 1.94. The molecule has 0 aliphatic carbocycles. The van der Waals surface area contributed by atoms with Crippen LogP contribution in [0.4, 0.5) is 0 Å². The van der Waals surface area contributed by atoms with E-state index in [1.807, 2.05) is 24.5 Å². The van der Waals surface area contributed by atoms with E-state index >= 15 is 0 Å². The molecule has 136 valence electrons. The molecule has 0 N–H and O–H groups in total. The van der Waals surface area contributed by atoms with Crippen molar-refractivity contribution in [3.63, 3.8) is 0 Å². The van der Waals surface area contributed by atoms with Gasteiger partial charge in [-0.25, -0.2) is 0 Å². The molecule has 3 aromatic heterocycles. The average molecular weight is 419 g/mol. The molecule has 0 fully saturated rings. The van der Waals surface area contributed by atoms with Gasteiger partial charge in [0.25, 0.3) is 5.56 Å². The Labute approximate surface area is 158 Å². The van der Waals surface area contributed by atoms with Crippen molar-refractivity contribution in [3.05, 3.63) is 67.9 Å². The molecular weight excluding hydrogens is 400 g/mol. The number of rotatable bonds is 5. The Kier molecular flexibility index (Phi) is 4.95.